The molecule has 1 aliphatic carbocycles. The van der Waals surface area contributed by atoms with Crippen LogP contribution in [0, 0.1) is 0 Å². The molecule has 0 saturated heterocycles. The van der Waals surface area contributed by atoms with Crippen molar-refractivity contribution < 1.29 is 9.32 Å². The van der Waals surface area contributed by atoms with Gasteiger partial charge in [-0.1, -0.05) is 60.3 Å². The molecular formula is C26H31ClN4O2. The second kappa shape index (κ2) is 11.0. The topological polar surface area (TPSA) is 79.2 Å². The van der Waals surface area contributed by atoms with E-state index in [0.717, 1.165) is 23.2 Å². The molecule has 1 aliphatic rings. The van der Waals surface area contributed by atoms with Gasteiger partial charge in [0.05, 0.1) is 6.17 Å². The van der Waals surface area contributed by atoms with Crippen molar-refractivity contribution >= 4 is 17.5 Å². The third-order valence-corrected chi connectivity index (χ3v) is 6.59. The van der Waals surface area contributed by atoms with Gasteiger partial charge in [-0.25, -0.2) is 0 Å². The first-order valence-corrected chi connectivity index (χ1v) is 12.0. The second-order valence-electron chi connectivity index (χ2n) is 8.66. The molecule has 4 rings (SSSR count). The van der Waals surface area contributed by atoms with Crippen molar-refractivity contribution in [2.45, 2.75) is 57.8 Å². The highest BCUT2D eigenvalue weighted by molar-refractivity contribution is 6.31. The van der Waals surface area contributed by atoms with Crippen LogP contribution in [0.25, 0.3) is 22.6 Å². The second-order valence-corrected chi connectivity index (χ2v) is 9.07. The molecule has 33 heavy (non-hydrogen) atoms. The molecule has 1 fully saturated rings. The number of benzene rings is 2. The standard InChI is InChI=1S/C26H31ClN4O2/c1-17(28-2)30-26(32)20-8-6-7-18(13-20)24-15-25(33-31-24)19-11-12-21(23(27)14-19)16-29-22-9-4-3-5-10-22/h6-8,11-15,17,22,28-29H,3-5,9-10,16H2,1-2H3,(H,30,32). The lowest BCUT2D eigenvalue weighted by molar-refractivity contribution is 0.0935. The molecule has 1 amide bonds. The van der Waals surface area contributed by atoms with Crippen molar-refractivity contribution in [1.82, 2.24) is 21.1 Å². The number of nitrogens with zero attached hydrogens (tertiary/aromatic N) is 1. The predicted molar refractivity (Wildman–Crippen MR) is 132 cm³/mol. The van der Waals surface area contributed by atoms with Crippen LogP contribution in [0.3, 0.4) is 0 Å². The lowest BCUT2D eigenvalue weighted by atomic mass is 9.95. The van der Waals surface area contributed by atoms with Crippen LogP contribution in [0.15, 0.2) is 53.1 Å². The zero-order valence-corrected chi connectivity index (χ0v) is 19.9. The molecule has 1 unspecified atom stereocenters. The molecule has 1 aromatic heterocycles. The van der Waals surface area contributed by atoms with Gasteiger partial charge in [0.15, 0.2) is 5.76 Å². The molecule has 1 atom stereocenters. The average molecular weight is 467 g/mol. The monoisotopic (exact) mass is 466 g/mol. The minimum absolute atomic E-state index is 0.120. The molecule has 0 aliphatic heterocycles. The molecule has 0 spiro atoms. The van der Waals surface area contributed by atoms with Gasteiger partial charge in [-0.05, 0) is 50.6 Å². The Morgan fingerprint density at radius 1 is 1.12 bits per heavy atom. The normalized spacial score (nSPS) is 15.4. The van der Waals surface area contributed by atoms with Crippen molar-refractivity contribution in [3.8, 4) is 22.6 Å². The molecular weight excluding hydrogens is 436 g/mol. The maximum atomic E-state index is 12.4. The van der Waals surface area contributed by atoms with Gasteiger partial charge in [0.1, 0.15) is 5.69 Å². The average Bonchev–Trinajstić information content (AvgIpc) is 3.34. The minimum atomic E-state index is -0.147. The zero-order chi connectivity index (χ0) is 23.2. The third kappa shape index (κ3) is 6.02. The molecule has 1 heterocycles. The first kappa shape index (κ1) is 23.5. The van der Waals surface area contributed by atoms with E-state index in [9.17, 15) is 4.79 Å². The molecule has 2 aromatic carbocycles. The summed E-state index contributed by atoms with van der Waals surface area (Å²) in [5.74, 6) is 0.490. The number of hydrogen-bond acceptors (Lipinski definition) is 5. The zero-order valence-electron chi connectivity index (χ0n) is 19.2. The maximum Gasteiger partial charge on any atom is 0.252 e. The van der Waals surface area contributed by atoms with Gasteiger partial charge in [-0.3, -0.25) is 4.79 Å². The van der Waals surface area contributed by atoms with Crippen molar-refractivity contribution in [2.24, 2.45) is 0 Å². The summed E-state index contributed by atoms with van der Waals surface area (Å²) < 4.78 is 5.60. The number of amides is 1. The first-order valence-electron chi connectivity index (χ1n) is 11.6. The quantitative estimate of drug-likeness (QED) is 0.388. The van der Waals surface area contributed by atoms with Crippen LogP contribution < -0.4 is 16.0 Å². The van der Waals surface area contributed by atoms with Gasteiger partial charge in [-0.2, -0.15) is 0 Å². The Bertz CT molecular complexity index is 1090. The highest BCUT2D eigenvalue weighted by Gasteiger charge is 2.15. The molecule has 174 valence electrons. The van der Waals surface area contributed by atoms with E-state index < -0.39 is 0 Å². The van der Waals surface area contributed by atoms with Crippen molar-refractivity contribution in [2.75, 3.05) is 7.05 Å². The van der Waals surface area contributed by atoms with Crippen molar-refractivity contribution in [3.05, 3.63) is 64.7 Å². The molecule has 0 bridgehead atoms. The van der Waals surface area contributed by atoms with Crippen LogP contribution >= 0.6 is 11.6 Å². The van der Waals surface area contributed by atoms with Crippen LogP contribution in [0.4, 0.5) is 0 Å². The number of nitrogens with one attached hydrogen (secondary N) is 3. The van der Waals surface area contributed by atoms with Crippen molar-refractivity contribution in [3.63, 3.8) is 0 Å². The van der Waals surface area contributed by atoms with E-state index in [1.54, 1.807) is 13.1 Å². The largest absolute Gasteiger partial charge is 0.356 e. The maximum absolute atomic E-state index is 12.4. The van der Waals surface area contributed by atoms with Crippen LogP contribution in [0.2, 0.25) is 5.02 Å². The number of carbonyl (C=O) groups excluding carboxylic acids is 1. The van der Waals surface area contributed by atoms with E-state index >= 15 is 0 Å². The Hall–Kier alpha value is -2.67. The van der Waals surface area contributed by atoms with Gasteiger partial charge in [-0.15, -0.1) is 0 Å². The van der Waals surface area contributed by atoms with E-state index in [-0.39, 0.29) is 12.1 Å². The summed E-state index contributed by atoms with van der Waals surface area (Å²) in [5, 5.41) is 14.4. The molecule has 7 heteroatoms. The molecule has 3 N–H and O–H groups in total. The molecule has 6 nitrogen and oxygen atoms in total. The lowest BCUT2D eigenvalue weighted by Crippen LogP contribution is -2.41. The number of rotatable bonds is 8. The summed E-state index contributed by atoms with van der Waals surface area (Å²) in [7, 11) is 1.80. The smallest absolute Gasteiger partial charge is 0.252 e. The van der Waals surface area contributed by atoms with E-state index in [1.165, 1.54) is 32.1 Å². The van der Waals surface area contributed by atoms with Gasteiger partial charge in [0, 0.05) is 40.4 Å². The van der Waals surface area contributed by atoms with E-state index in [0.29, 0.717) is 28.1 Å². The van der Waals surface area contributed by atoms with Crippen molar-refractivity contribution in [1.29, 1.82) is 0 Å². The molecule has 0 radical (unpaired) electrons. The summed E-state index contributed by atoms with van der Waals surface area (Å²) in [5.41, 5.74) is 4.00. The molecule has 1 saturated carbocycles. The summed E-state index contributed by atoms with van der Waals surface area (Å²) in [4.78, 5) is 12.4. The number of hydrogen-bond donors (Lipinski definition) is 3. The van der Waals surface area contributed by atoms with Crippen LogP contribution in [0.1, 0.15) is 54.9 Å². The fourth-order valence-corrected chi connectivity index (χ4v) is 4.37. The Labute approximate surface area is 200 Å². The van der Waals surface area contributed by atoms with Crippen LogP contribution in [-0.2, 0) is 6.54 Å². The number of carbonyl (C=O) groups is 1. The summed E-state index contributed by atoms with van der Waals surface area (Å²) in [6.45, 7) is 2.65. The van der Waals surface area contributed by atoms with Crippen LogP contribution in [0.5, 0.6) is 0 Å². The minimum Gasteiger partial charge on any atom is -0.356 e. The van der Waals surface area contributed by atoms with Gasteiger partial charge in [0.2, 0.25) is 0 Å². The summed E-state index contributed by atoms with van der Waals surface area (Å²) in [6, 6.07) is 15.8. The Morgan fingerprint density at radius 3 is 2.70 bits per heavy atom. The van der Waals surface area contributed by atoms with Gasteiger partial charge >= 0.3 is 0 Å². The van der Waals surface area contributed by atoms with E-state index in [1.807, 2.05) is 49.4 Å². The Morgan fingerprint density at radius 2 is 1.94 bits per heavy atom. The van der Waals surface area contributed by atoms with Gasteiger partial charge in [0.25, 0.3) is 5.91 Å². The first-order chi connectivity index (χ1) is 16.0. The van der Waals surface area contributed by atoms with E-state index in [2.05, 4.69) is 21.1 Å². The fourth-order valence-electron chi connectivity index (χ4n) is 4.12. The van der Waals surface area contributed by atoms with Gasteiger partial charge < -0.3 is 20.5 Å². The lowest BCUT2D eigenvalue weighted by Gasteiger charge is -2.23. The highest BCUT2D eigenvalue weighted by Crippen LogP contribution is 2.30. The third-order valence-electron chi connectivity index (χ3n) is 6.24. The fraction of sp³-hybridized carbons (Fsp3) is 0.385. The Balaban J connectivity index is 1.45. The number of halogens is 1. The predicted octanol–water partition coefficient (Wildman–Crippen LogP) is 5.38. The SMILES string of the molecule is CNC(C)NC(=O)c1cccc(-c2cc(-c3ccc(CNC4CCCCC4)c(Cl)c3)on2)c1. The Kier molecular flexibility index (Phi) is 7.81. The summed E-state index contributed by atoms with van der Waals surface area (Å²) in [6.07, 6.45) is 6.33. The number of aromatic nitrogens is 1. The molecule has 3 aromatic rings. The highest BCUT2D eigenvalue weighted by atomic mass is 35.5. The summed E-state index contributed by atoms with van der Waals surface area (Å²) >= 11 is 6.58. The van der Waals surface area contributed by atoms with E-state index in [4.69, 9.17) is 16.1 Å². The van der Waals surface area contributed by atoms with Crippen LogP contribution in [-0.4, -0.2) is 30.3 Å².